The first-order chi connectivity index (χ1) is 5.76. The van der Waals surface area contributed by atoms with Crippen molar-refractivity contribution in [3.05, 3.63) is 0 Å². The number of rotatable bonds is 5. The van der Waals surface area contributed by atoms with E-state index in [4.69, 9.17) is 15.4 Å². The summed E-state index contributed by atoms with van der Waals surface area (Å²) in [6, 6.07) is 0. The second kappa shape index (κ2) is 9.41. The molecule has 0 aliphatic heterocycles. The molecule has 0 saturated heterocycles. The lowest BCUT2D eigenvalue weighted by molar-refractivity contribution is -0.0936. The lowest BCUT2D eigenvalue weighted by Gasteiger charge is -2.18. The quantitative estimate of drug-likeness (QED) is 0.418. The molecule has 0 bridgehead atoms. The molecule has 0 saturated carbocycles. The highest BCUT2D eigenvalue weighted by atomic mass is 35.5. The zero-order valence-corrected chi connectivity index (χ0v) is 9.13. The van der Waals surface area contributed by atoms with Gasteiger partial charge in [-0.3, -0.25) is 4.84 Å². The van der Waals surface area contributed by atoms with Gasteiger partial charge in [0.15, 0.2) is 0 Å². The summed E-state index contributed by atoms with van der Waals surface area (Å²) in [6.45, 7) is 7.37. The minimum absolute atomic E-state index is 0. The van der Waals surface area contributed by atoms with Crippen molar-refractivity contribution in [2.24, 2.45) is 10.9 Å². The third-order valence-electron chi connectivity index (χ3n) is 1.11. The highest BCUT2D eigenvalue weighted by molar-refractivity contribution is 5.85. The Kier molecular flexibility index (Phi) is 10.7. The molecular formula is C7H18ClN3O2. The van der Waals surface area contributed by atoms with Crippen LogP contribution in [0.25, 0.3) is 0 Å². The average molecular weight is 212 g/mol. The normalized spacial score (nSPS) is 10.5. The summed E-state index contributed by atoms with van der Waals surface area (Å²) < 4.78 is 0. The van der Waals surface area contributed by atoms with Crippen LogP contribution < -0.4 is 5.73 Å². The van der Waals surface area contributed by atoms with Crippen molar-refractivity contribution in [1.29, 1.82) is 0 Å². The minimum Gasteiger partial charge on any atom is -0.393 e. The number of hydroxylamine groups is 2. The summed E-state index contributed by atoms with van der Waals surface area (Å²) in [5, 5.41) is 5.11. The van der Waals surface area contributed by atoms with Crippen LogP contribution in [0, 0.1) is 0 Å². The zero-order valence-electron chi connectivity index (χ0n) is 8.32. The van der Waals surface area contributed by atoms with Crippen molar-refractivity contribution in [3.8, 4) is 0 Å². The van der Waals surface area contributed by atoms with Crippen LogP contribution in [0.4, 0.5) is 0 Å². The monoisotopic (exact) mass is 211 g/mol. The molecule has 5 nitrogen and oxygen atoms in total. The Labute approximate surface area is 85.2 Å². The fraction of sp³-hybridized carbons (Fsp3) is 0.857. The topological polar surface area (TPSA) is 60.1 Å². The standard InChI is InChI=1S/C7H17N3O2.ClH/c1-4-10(12-6-3)7(8)9-11-5-2;/h4-6H2,1-3H3,(H2,8,9);1H. The van der Waals surface area contributed by atoms with Crippen LogP contribution in [0.15, 0.2) is 5.16 Å². The fourth-order valence-electron chi connectivity index (χ4n) is 0.651. The minimum atomic E-state index is 0. The number of oxime groups is 1. The summed E-state index contributed by atoms with van der Waals surface area (Å²) >= 11 is 0. The van der Waals surface area contributed by atoms with E-state index < -0.39 is 0 Å². The first kappa shape index (κ1) is 14.8. The van der Waals surface area contributed by atoms with Crippen molar-refractivity contribution < 1.29 is 9.68 Å². The van der Waals surface area contributed by atoms with Crippen LogP contribution in [0.2, 0.25) is 0 Å². The van der Waals surface area contributed by atoms with Gasteiger partial charge in [0.2, 0.25) is 0 Å². The van der Waals surface area contributed by atoms with E-state index in [1.54, 1.807) is 0 Å². The molecule has 0 aromatic heterocycles. The average Bonchev–Trinajstić information content (AvgIpc) is 2.10. The van der Waals surface area contributed by atoms with Gasteiger partial charge in [-0.25, -0.2) is 5.06 Å². The molecule has 0 aliphatic carbocycles. The van der Waals surface area contributed by atoms with E-state index in [0.29, 0.717) is 19.8 Å². The molecule has 13 heavy (non-hydrogen) atoms. The molecule has 0 aromatic carbocycles. The Bertz CT molecular complexity index is 144. The van der Waals surface area contributed by atoms with E-state index in [2.05, 4.69) is 5.16 Å². The summed E-state index contributed by atoms with van der Waals surface area (Å²) in [5.74, 6) is 0.251. The molecule has 0 amide bonds. The van der Waals surface area contributed by atoms with E-state index in [0.717, 1.165) is 0 Å². The van der Waals surface area contributed by atoms with E-state index >= 15 is 0 Å². The molecule has 2 N–H and O–H groups in total. The first-order valence-electron chi connectivity index (χ1n) is 4.12. The van der Waals surface area contributed by atoms with Crippen LogP contribution in [0.5, 0.6) is 0 Å². The smallest absolute Gasteiger partial charge is 0.257 e. The molecule has 0 aliphatic rings. The number of guanidine groups is 1. The highest BCUT2D eigenvalue weighted by Gasteiger charge is 2.04. The molecule has 0 radical (unpaired) electrons. The van der Waals surface area contributed by atoms with E-state index in [-0.39, 0.29) is 18.4 Å². The maximum atomic E-state index is 5.53. The Hall–Kier alpha value is -0.680. The van der Waals surface area contributed by atoms with Gasteiger partial charge in [0.1, 0.15) is 6.61 Å². The van der Waals surface area contributed by atoms with Gasteiger partial charge in [-0.2, -0.15) is 0 Å². The Balaban J connectivity index is 0. The van der Waals surface area contributed by atoms with Crippen molar-refractivity contribution >= 4 is 18.4 Å². The molecule has 6 heteroatoms. The van der Waals surface area contributed by atoms with E-state index in [1.807, 2.05) is 20.8 Å². The largest absolute Gasteiger partial charge is 0.393 e. The second-order valence-corrected chi connectivity index (χ2v) is 1.98. The Morgan fingerprint density at radius 2 is 1.92 bits per heavy atom. The number of nitrogens with two attached hydrogens (primary N) is 1. The molecule has 80 valence electrons. The zero-order chi connectivity index (χ0) is 9.40. The summed E-state index contributed by atoms with van der Waals surface area (Å²) in [5.41, 5.74) is 5.53. The number of hydrogen-bond donors (Lipinski definition) is 1. The number of hydrogen-bond acceptors (Lipinski definition) is 3. The molecule has 0 unspecified atom stereocenters. The SMILES string of the molecule is CCON=C(N)N(CC)OCC.Cl. The number of halogens is 1. The van der Waals surface area contributed by atoms with E-state index in [1.165, 1.54) is 5.06 Å². The lowest BCUT2D eigenvalue weighted by atomic mass is 10.7. The van der Waals surface area contributed by atoms with Crippen molar-refractivity contribution in [2.45, 2.75) is 20.8 Å². The summed E-state index contributed by atoms with van der Waals surface area (Å²) in [6.07, 6.45) is 0. The van der Waals surface area contributed by atoms with Gasteiger partial charge >= 0.3 is 0 Å². The molecule has 0 aromatic rings. The Morgan fingerprint density at radius 3 is 2.31 bits per heavy atom. The second-order valence-electron chi connectivity index (χ2n) is 1.98. The van der Waals surface area contributed by atoms with Gasteiger partial charge in [0, 0.05) is 6.54 Å². The molecule has 0 fully saturated rings. The third kappa shape index (κ3) is 6.48. The van der Waals surface area contributed by atoms with Crippen LogP contribution >= 0.6 is 12.4 Å². The van der Waals surface area contributed by atoms with Gasteiger partial charge in [0.05, 0.1) is 6.61 Å². The van der Waals surface area contributed by atoms with Crippen molar-refractivity contribution in [3.63, 3.8) is 0 Å². The highest BCUT2D eigenvalue weighted by Crippen LogP contribution is 1.89. The Morgan fingerprint density at radius 1 is 1.31 bits per heavy atom. The van der Waals surface area contributed by atoms with Gasteiger partial charge in [-0.05, 0) is 25.9 Å². The summed E-state index contributed by atoms with van der Waals surface area (Å²) in [7, 11) is 0. The van der Waals surface area contributed by atoms with Crippen LogP contribution in [0.1, 0.15) is 20.8 Å². The molecule has 0 heterocycles. The maximum absolute atomic E-state index is 5.53. The van der Waals surface area contributed by atoms with Gasteiger partial charge in [0.25, 0.3) is 5.96 Å². The first-order valence-corrected chi connectivity index (χ1v) is 4.12. The van der Waals surface area contributed by atoms with Gasteiger partial charge in [-0.1, -0.05) is 0 Å². The van der Waals surface area contributed by atoms with Crippen LogP contribution in [-0.2, 0) is 9.68 Å². The van der Waals surface area contributed by atoms with Gasteiger partial charge in [-0.15, -0.1) is 12.4 Å². The molecule has 0 atom stereocenters. The molecule has 0 rings (SSSR count). The predicted octanol–water partition coefficient (Wildman–Crippen LogP) is 0.948. The van der Waals surface area contributed by atoms with Crippen molar-refractivity contribution in [1.82, 2.24) is 5.06 Å². The predicted molar refractivity (Wildman–Crippen MR) is 54.5 cm³/mol. The van der Waals surface area contributed by atoms with Crippen LogP contribution in [0.3, 0.4) is 0 Å². The molecular weight excluding hydrogens is 194 g/mol. The number of nitrogens with zero attached hydrogens (tertiary/aromatic N) is 2. The van der Waals surface area contributed by atoms with Gasteiger partial charge < -0.3 is 10.6 Å². The lowest BCUT2D eigenvalue weighted by Crippen LogP contribution is -2.37. The fourth-order valence-corrected chi connectivity index (χ4v) is 0.651. The maximum Gasteiger partial charge on any atom is 0.257 e. The third-order valence-corrected chi connectivity index (χ3v) is 1.11. The van der Waals surface area contributed by atoms with E-state index in [9.17, 15) is 0 Å². The van der Waals surface area contributed by atoms with Crippen LogP contribution in [-0.4, -0.2) is 30.8 Å². The molecule has 0 spiro atoms. The summed E-state index contributed by atoms with van der Waals surface area (Å²) in [4.78, 5) is 9.91. The van der Waals surface area contributed by atoms with Crippen molar-refractivity contribution in [2.75, 3.05) is 19.8 Å².